The van der Waals surface area contributed by atoms with E-state index in [4.69, 9.17) is 0 Å². The van der Waals surface area contributed by atoms with Crippen LogP contribution < -0.4 is 10.2 Å². The molecule has 2 amide bonds. The van der Waals surface area contributed by atoms with Crippen LogP contribution in [0.15, 0.2) is 0 Å². The molecule has 5 nitrogen and oxygen atoms in total. The quantitative estimate of drug-likeness (QED) is 0.897. The normalized spacial score (nSPS) is 25.8. The highest BCUT2D eigenvalue weighted by Gasteiger charge is 2.32. The van der Waals surface area contributed by atoms with E-state index in [1.165, 1.54) is 16.9 Å². The number of fused-ring (bicyclic) bond motifs is 1. The zero-order valence-electron chi connectivity index (χ0n) is 14.2. The molecule has 4 rings (SSSR count). The van der Waals surface area contributed by atoms with E-state index in [2.05, 4.69) is 23.2 Å². The van der Waals surface area contributed by atoms with Gasteiger partial charge in [0.05, 0.1) is 5.56 Å². The van der Waals surface area contributed by atoms with Crippen LogP contribution in [0, 0.1) is 11.3 Å². The van der Waals surface area contributed by atoms with Gasteiger partial charge in [-0.05, 0) is 51.0 Å². The number of amides is 2. The van der Waals surface area contributed by atoms with Crippen LogP contribution in [0.3, 0.4) is 0 Å². The monoisotopic (exact) mass is 344 g/mol. The zero-order chi connectivity index (χ0) is 16.7. The molecule has 3 heterocycles. The second-order valence-electron chi connectivity index (χ2n) is 7.22. The van der Waals surface area contributed by atoms with E-state index in [9.17, 15) is 10.1 Å². The minimum Gasteiger partial charge on any atom is -0.360 e. The summed E-state index contributed by atoms with van der Waals surface area (Å²) in [5, 5.41) is 13.9. The van der Waals surface area contributed by atoms with Gasteiger partial charge < -0.3 is 15.1 Å². The highest BCUT2D eigenvalue weighted by molar-refractivity contribution is 7.16. The molecule has 2 atom stereocenters. The zero-order valence-corrected chi connectivity index (χ0v) is 15.0. The third-order valence-corrected chi connectivity index (χ3v) is 6.98. The number of aryl methyl sites for hydroxylation is 1. The number of likely N-dealkylation sites (tertiary alicyclic amines) is 1. The number of hydrogen-bond acceptors (Lipinski definition) is 4. The third kappa shape index (κ3) is 2.65. The van der Waals surface area contributed by atoms with Crippen LogP contribution in [0.2, 0.25) is 0 Å². The molecule has 2 saturated heterocycles. The number of hydrogen-bond donors (Lipinski definition) is 1. The fourth-order valence-electron chi connectivity index (χ4n) is 4.28. The van der Waals surface area contributed by atoms with Crippen molar-refractivity contribution in [3.63, 3.8) is 0 Å². The molecule has 1 aromatic rings. The molecule has 24 heavy (non-hydrogen) atoms. The maximum Gasteiger partial charge on any atom is 0.317 e. The van der Waals surface area contributed by atoms with Gasteiger partial charge in [-0.2, -0.15) is 5.26 Å². The number of carbonyl (C=O) groups excluding carboxylic acids is 1. The molecular weight excluding hydrogens is 320 g/mol. The molecule has 0 radical (unpaired) electrons. The van der Waals surface area contributed by atoms with Gasteiger partial charge in [0.25, 0.3) is 0 Å². The Labute approximate surface area is 147 Å². The number of nitriles is 1. The number of carbonyl (C=O) groups is 1. The van der Waals surface area contributed by atoms with Gasteiger partial charge in [0.15, 0.2) is 0 Å². The van der Waals surface area contributed by atoms with Crippen molar-refractivity contribution >= 4 is 22.4 Å². The van der Waals surface area contributed by atoms with Gasteiger partial charge in [-0.1, -0.05) is 0 Å². The van der Waals surface area contributed by atoms with E-state index >= 15 is 0 Å². The predicted molar refractivity (Wildman–Crippen MR) is 95.6 cm³/mol. The van der Waals surface area contributed by atoms with Crippen molar-refractivity contribution in [1.82, 2.24) is 10.2 Å². The Morgan fingerprint density at radius 3 is 2.92 bits per heavy atom. The summed E-state index contributed by atoms with van der Waals surface area (Å²) in [6, 6.07) is 3.06. The van der Waals surface area contributed by atoms with Gasteiger partial charge in [-0.25, -0.2) is 4.79 Å². The van der Waals surface area contributed by atoms with Crippen molar-refractivity contribution in [2.45, 2.75) is 57.5 Å². The maximum absolute atomic E-state index is 12.4. The number of urea groups is 1. The van der Waals surface area contributed by atoms with E-state index in [0.717, 1.165) is 62.3 Å². The Kier molecular flexibility index (Phi) is 4.13. The van der Waals surface area contributed by atoms with E-state index in [0.29, 0.717) is 6.04 Å². The summed E-state index contributed by atoms with van der Waals surface area (Å²) in [6.45, 7) is 4.75. The molecule has 0 aromatic carbocycles. The molecule has 1 aromatic heterocycles. The maximum atomic E-state index is 12.4. The first-order valence-corrected chi connectivity index (χ1v) is 9.85. The molecule has 0 saturated carbocycles. The van der Waals surface area contributed by atoms with Crippen LogP contribution in [-0.2, 0) is 12.8 Å². The summed E-state index contributed by atoms with van der Waals surface area (Å²) >= 11 is 1.80. The second kappa shape index (κ2) is 6.29. The van der Waals surface area contributed by atoms with E-state index in [1.807, 2.05) is 4.90 Å². The summed E-state index contributed by atoms with van der Waals surface area (Å²) in [7, 11) is 0. The smallest absolute Gasteiger partial charge is 0.317 e. The number of nitrogens with zero attached hydrogens (tertiary/aromatic N) is 3. The minimum atomic E-state index is 0.0843. The minimum absolute atomic E-state index is 0.0843. The average molecular weight is 344 g/mol. The molecule has 0 spiro atoms. The van der Waals surface area contributed by atoms with E-state index < -0.39 is 0 Å². The summed E-state index contributed by atoms with van der Waals surface area (Å²) in [4.78, 5) is 18.1. The van der Waals surface area contributed by atoms with Crippen molar-refractivity contribution in [2.75, 3.05) is 24.5 Å². The highest BCUT2D eigenvalue weighted by Crippen LogP contribution is 2.41. The van der Waals surface area contributed by atoms with Crippen LogP contribution in [-0.4, -0.2) is 42.6 Å². The van der Waals surface area contributed by atoms with Gasteiger partial charge in [0, 0.05) is 36.6 Å². The van der Waals surface area contributed by atoms with Gasteiger partial charge in [-0.3, -0.25) is 0 Å². The standard InChI is InChI=1S/C18H24N4OS/c1-12-4-3-8-22(12)18(23)20-13-7-9-21(11-13)17-15(10-19)14-5-2-6-16(14)24-17/h12-13H,2-9,11H2,1H3,(H,20,23)/t12-,13+/m1/s1. The van der Waals surface area contributed by atoms with Gasteiger partial charge in [0.2, 0.25) is 0 Å². The number of anilines is 1. The number of rotatable bonds is 2. The lowest BCUT2D eigenvalue weighted by molar-refractivity contribution is 0.193. The average Bonchev–Trinajstić information content (AvgIpc) is 3.29. The summed E-state index contributed by atoms with van der Waals surface area (Å²) in [5.41, 5.74) is 2.18. The Morgan fingerprint density at radius 1 is 1.29 bits per heavy atom. The lowest BCUT2D eigenvalue weighted by Crippen LogP contribution is -2.46. The summed E-state index contributed by atoms with van der Waals surface area (Å²) in [5.74, 6) is 0. The Balaban J connectivity index is 1.42. The second-order valence-corrected chi connectivity index (χ2v) is 8.30. The van der Waals surface area contributed by atoms with E-state index in [-0.39, 0.29) is 12.1 Å². The Morgan fingerprint density at radius 2 is 2.17 bits per heavy atom. The highest BCUT2D eigenvalue weighted by atomic mass is 32.1. The first-order chi connectivity index (χ1) is 11.7. The van der Waals surface area contributed by atoms with Crippen molar-refractivity contribution in [1.29, 1.82) is 5.26 Å². The summed E-state index contributed by atoms with van der Waals surface area (Å²) < 4.78 is 0. The van der Waals surface area contributed by atoms with Crippen LogP contribution in [0.1, 0.15) is 48.6 Å². The molecule has 2 aliphatic heterocycles. The fraction of sp³-hybridized carbons (Fsp3) is 0.667. The van der Waals surface area contributed by atoms with Gasteiger partial charge in [-0.15, -0.1) is 11.3 Å². The molecule has 1 aliphatic carbocycles. The van der Waals surface area contributed by atoms with Crippen LogP contribution >= 0.6 is 11.3 Å². The third-order valence-electron chi connectivity index (χ3n) is 5.63. The topological polar surface area (TPSA) is 59.4 Å². The van der Waals surface area contributed by atoms with Crippen molar-refractivity contribution in [3.05, 3.63) is 16.0 Å². The van der Waals surface area contributed by atoms with Crippen LogP contribution in [0.5, 0.6) is 0 Å². The first kappa shape index (κ1) is 15.8. The van der Waals surface area contributed by atoms with E-state index in [1.54, 1.807) is 11.3 Å². The largest absolute Gasteiger partial charge is 0.360 e. The summed E-state index contributed by atoms with van der Waals surface area (Å²) in [6.07, 6.45) is 6.53. The lowest BCUT2D eigenvalue weighted by atomic mass is 10.1. The van der Waals surface area contributed by atoms with Crippen molar-refractivity contribution in [3.8, 4) is 6.07 Å². The number of nitrogens with one attached hydrogen (secondary N) is 1. The Bertz CT molecular complexity index is 692. The van der Waals surface area contributed by atoms with Crippen molar-refractivity contribution < 1.29 is 4.79 Å². The number of thiophene rings is 1. The molecule has 128 valence electrons. The Hall–Kier alpha value is -1.74. The molecular formula is C18H24N4OS. The predicted octanol–water partition coefficient (Wildman–Crippen LogP) is 2.88. The van der Waals surface area contributed by atoms with Crippen molar-refractivity contribution in [2.24, 2.45) is 0 Å². The van der Waals surface area contributed by atoms with Crippen LogP contribution in [0.25, 0.3) is 0 Å². The fourth-order valence-corrected chi connectivity index (χ4v) is 5.66. The molecule has 0 unspecified atom stereocenters. The molecule has 0 bridgehead atoms. The molecule has 3 aliphatic rings. The molecule has 6 heteroatoms. The first-order valence-electron chi connectivity index (χ1n) is 9.04. The van der Waals surface area contributed by atoms with Gasteiger partial charge >= 0.3 is 6.03 Å². The van der Waals surface area contributed by atoms with Crippen LogP contribution in [0.4, 0.5) is 9.80 Å². The molecule has 2 fully saturated rings. The SMILES string of the molecule is C[C@@H]1CCCN1C(=O)N[C@H]1CCN(c2sc3c(c2C#N)CCC3)C1. The van der Waals surface area contributed by atoms with Gasteiger partial charge in [0.1, 0.15) is 11.1 Å². The lowest BCUT2D eigenvalue weighted by Gasteiger charge is -2.24. The molecule has 1 N–H and O–H groups in total.